The normalized spacial score (nSPS) is 29.5. The third-order valence-corrected chi connectivity index (χ3v) is 4.59. The van der Waals surface area contributed by atoms with E-state index in [1.807, 2.05) is 0 Å². The lowest BCUT2D eigenvalue weighted by Gasteiger charge is -2.42. The number of nitrogens with one attached hydrogen (secondary N) is 1. The van der Waals surface area contributed by atoms with Gasteiger partial charge in [0, 0.05) is 13.0 Å². The topological polar surface area (TPSA) is 138 Å². The van der Waals surface area contributed by atoms with Crippen LogP contribution in [0.3, 0.4) is 0 Å². The van der Waals surface area contributed by atoms with Crippen LogP contribution in [0, 0.1) is 0 Å². The Morgan fingerprint density at radius 1 is 1.36 bits per heavy atom. The van der Waals surface area contributed by atoms with Crippen LogP contribution in [-0.4, -0.2) is 58.5 Å². The average Bonchev–Trinajstić information content (AvgIpc) is 2.93. The maximum atomic E-state index is 11.4. The molecule has 5 atom stereocenters. The van der Waals surface area contributed by atoms with E-state index < -0.39 is 48.1 Å². The molecule has 1 aliphatic heterocycles. The predicted octanol–water partition coefficient (Wildman–Crippen LogP) is -0.823. The van der Waals surface area contributed by atoms with Crippen LogP contribution in [0.5, 0.6) is 5.75 Å². The van der Waals surface area contributed by atoms with Gasteiger partial charge in [-0.2, -0.15) is 0 Å². The lowest BCUT2D eigenvalue weighted by molar-refractivity contribution is -0.244. The fourth-order valence-corrected chi connectivity index (χ4v) is 3.33. The van der Waals surface area contributed by atoms with Crippen molar-refractivity contribution in [3.05, 3.63) is 27.9 Å². The summed E-state index contributed by atoms with van der Waals surface area (Å²) in [7, 11) is 0. The molecule has 1 amide bonds. The van der Waals surface area contributed by atoms with Crippen LogP contribution >= 0.6 is 11.3 Å². The van der Waals surface area contributed by atoms with Gasteiger partial charge in [0.25, 0.3) is 0 Å². The SMILES string of the molecule is CC(=O)N[C@@H]1[C@H](Oc2ccc3oc(=O)sc3c2)O[C@H](CO)[C@H](O)[C@H]1O. The average molecular weight is 371 g/mol. The van der Waals surface area contributed by atoms with E-state index in [2.05, 4.69) is 5.32 Å². The van der Waals surface area contributed by atoms with Crippen LogP contribution in [-0.2, 0) is 9.53 Å². The van der Waals surface area contributed by atoms with Gasteiger partial charge in [-0.1, -0.05) is 11.3 Å². The zero-order chi connectivity index (χ0) is 18.1. The summed E-state index contributed by atoms with van der Waals surface area (Å²) >= 11 is 0.904. The molecule has 0 saturated carbocycles. The maximum Gasteiger partial charge on any atom is 0.396 e. The summed E-state index contributed by atoms with van der Waals surface area (Å²) in [5.74, 6) is -0.135. The molecule has 0 unspecified atom stereocenters. The molecule has 4 N–H and O–H groups in total. The molecule has 9 nitrogen and oxygen atoms in total. The number of carbonyl (C=O) groups is 1. The minimum Gasteiger partial charge on any atom is -0.463 e. The highest BCUT2D eigenvalue weighted by molar-refractivity contribution is 7.16. The van der Waals surface area contributed by atoms with Crippen molar-refractivity contribution in [3.8, 4) is 5.75 Å². The summed E-state index contributed by atoms with van der Waals surface area (Å²) in [6, 6.07) is 3.60. The Hall–Kier alpha value is -1.98. The molecule has 2 aromatic rings. The second-order valence-corrected chi connectivity index (χ2v) is 6.59. The number of fused-ring (bicyclic) bond motifs is 1. The van der Waals surface area contributed by atoms with Crippen molar-refractivity contribution in [2.24, 2.45) is 0 Å². The summed E-state index contributed by atoms with van der Waals surface area (Å²) in [5.41, 5.74) is 0.411. The van der Waals surface area contributed by atoms with Crippen molar-refractivity contribution in [3.63, 3.8) is 0 Å². The van der Waals surface area contributed by atoms with Gasteiger partial charge in [0.1, 0.15) is 35.7 Å². The van der Waals surface area contributed by atoms with Crippen LogP contribution in [0.2, 0.25) is 0 Å². The van der Waals surface area contributed by atoms with Crippen molar-refractivity contribution in [2.45, 2.75) is 37.6 Å². The van der Waals surface area contributed by atoms with E-state index in [4.69, 9.17) is 13.9 Å². The predicted molar refractivity (Wildman–Crippen MR) is 86.4 cm³/mol. The Balaban J connectivity index is 1.86. The highest BCUT2D eigenvalue weighted by atomic mass is 32.1. The van der Waals surface area contributed by atoms with Crippen molar-refractivity contribution in [1.82, 2.24) is 5.32 Å². The first kappa shape index (κ1) is 17.8. The van der Waals surface area contributed by atoms with Crippen LogP contribution in [0.4, 0.5) is 0 Å². The maximum absolute atomic E-state index is 11.4. The Bertz CT molecular complexity index is 817. The lowest BCUT2D eigenvalue weighted by Crippen LogP contribution is -2.65. The van der Waals surface area contributed by atoms with E-state index in [0.29, 0.717) is 16.0 Å². The molecule has 136 valence electrons. The summed E-state index contributed by atoms with van der Waals surface area (Å²) in [5, 5.41) is 31.9. The van der Waals surface area contributed by atoms with Gasteiger partial charge < -0.3 is 34.5 Å². The van der Waals surface area contributed by atoms with Crippen molar-refractivity contribution in [2.75, 3.05) is 6.61 Å². The first-order chi connectivity index (χ1) is 11.9. The monoisotopic (exact) mass is 371 g/mol. The number of aliphatic hydroxyl groups is 3. The number of aliphatic hydroxyl groups excluding tert-OH is 3. The van der Waals surface area contributed by atoms with Gasteiger partial charge in [-0.05, 0) is 12.1 Å². The van der Waals surface area contributed by atoms with Crippen molar-refractivity contribution in [1.29, 1.82) is 0 Å². The molecule has 1 aromatic carbocycles. The van der Waals surface area contributed by atoms with E-state index in [0.717, 1.165) is 11.3 Å². The van der Waals surface area contributed by atoms with Crippen LogP contribution in [0.25, 0.3) is 10.3 Å². The fourth-order valence-electron chi connectivity index (χ4n) is 2.63. The minimum atomic E-state index is -1.39. The van der Waals surface area contributed by atoms with Gasteiger partial charge in [0.05, 0.1) is 11.3 Å². The first-order valence-electron chi connectivity index (χ1n) is 7.49. The van der Waals surface area contributed by atoms with Crippen molar-refractivity contribution >= 4 is 27.5 Å². The number of rotatable bonds is 4. The number of hydrogen-bond acceptors (Lipinski definition) is 9. The Morgan fingerprint density at radius 3 is 2.80 bits per heavy atom. The van der Waals surface area contributed by atoms with E-state index in [-0.39, 0.29) is 0 Å². The van der Waals surface area contributed by atoms with Crippen LogP contribution in [0.1, 0.15) is 6.92 Å². The third-order valence-electron chi connectivity index (χ3n) is 3.80. The van der Waals surface area contributed by atoms with E-state index in [1.54, 1.807) is 12.1 Å². The Labute approximate surface area is 145 Å². The van der Waals surface area contributed by atoms with Gasteiger partial charge in [0.2, 0.25) is 12.2 Å². The molecule has 0 radical (unpaired) electrons. The van der Waals surface area contributed by atoms with E-state index in [1.165, 1.54) is 13.0 Å². The fraction of sp³-hybridized carbons (Fsp3) is 0.467. The quantitative estimate of drug-likeness (QED) is 0.547. The van der Waals surface area contributed by atoms with E-state index >= 15 is 0 Å². The Kier molecular flexibility index (Phi) is 5.06. The highest BCUT2D eigenvalue weighted by Gasteiger charge is 2.46. The first-order valence-corrected chi connectivity index (χ1v) is 8.30. The number of ether oxygens (including phenoxy) is 2. The number of benzene rings is 1. The third kappa shape index (κ3) is 3.67. The molecule has 0 aliphatic carbocycles. The summed E-state index contributed by atoms with van der Waals surface area (Å²) in [4.78, 5) is 22.2. The minimum absolute atomic E-state index is 0.310. The highest BCUT2D eigenvalue weighted by Crippen LogP contribution is 2.27. The van der Waals surface area contributed by atoms with Crippen LogP contribution in [0.15, 0.2) is 27.4 Å². The molecule has 2 heterocycles. The van der Waals surface area contributed by atoms with Gasteiger partial charge in [0.15, 0.2) is 0 Å². The standard InChI is InChI=1S/C15H17NO8S/c1-6(18)16-11-13(20)12(19)9(5-17)23-14(11)22-7-2-3-8-10(4-7)25-15(21)24-8/h2-4,9,11-14,17,19-20H,5H2,1H3,(H,16,18)/t9-,11+,12+,13+,14-/m1/s1. The van der Waals surface area contributed by atoms with Gasteiger partial charge >= 0.3 is 4.94 Å². The molecule has 0 bridgehead atoms. The zero-order valence-electron chi connectivity index (χ0n) is 13.1. The molecular weight excluding hydrogens is 354 g/mol. The second-order valence-electron chi connectivity index (χ2n) is 5.61. The Morgan fingerprint density at radius 2 is 2.12 bits per heavy atom. The molecule has 0 spiro atoms. The molecule has 10 heteroatoms. The van der Waals surface area contributed by atoms with E-state index in [9.17, 15) is 24.9 Å². The lowest BCUT2D eigenvalue weighted by atomic mass is 9.97. The number of carbonyl (C=O) groups excluding carboxylic acids is 1. The van der Waals surface area contributed by atoms with Gasteiger partial charge in [-0.25, -0.2) is 4.79 Å². The molecule has 3 rings (SSSR count). The molecule has 25 heavy (non-hydrogen) atoms. The largest absolute Gasteiger partial charge is 0.463 e. The summed E-state index contributed by atoms with van der Waals surface area (Å²) in [6.45, 7) is 0.719. The zero-order valence-corrected chi connectivity index (χ0v) is 13.9. The molecule has 1 fully saturated rings. The van der Waals surface area contributed by atoms with Crippen molar-refractivity contribution < 1.29 is 34.0 Å². The van der Waals surface area contributed by atoms with Crippen LogP contribution < -0.4 is 15.0 Å². The van der Waals surface area contributed by atoms with Gasteiger partial charge in [-0.3, -0.25) is 4.79 Å². The summed E-state index contributed by atoms with van der Waals surface area (Å²) < 4.78 is 16.7. The number of hydrogen-bond donors (Lipinski definition) is 4. The summed E-state index contributed by atoms with van der Waals surface area (Å²) in [6.07, 6.45) is -5.00. The molecular formula is C15H17NO8S. The second kappa shape index (κ2) is 7.10. The van der Waals surface area contributed by atoms with Gasteiger partial charge in [-0.15, -0.1) is 0 Å². The molecule has 1 aliphatic rings. The molecule has 1 saturated heterocycles. The molecule has 1 aromatic heterocycles. The smallest absolute Gasteiger partial charge is 0.396 e. The number of amides is 1.